The zero-order chi connectivity index (χ0) is 13.6. The third-order valence-electron chi connectivity index (χ3n) is 2.95. The molecule has 0 spiro atoms. The summed E-state index contributed by atoms with van der Waals surface area (Å²) >= 11 is 1.66. The second-order valence-electron chi connectivity index (χ2n) is 4.18. The molecule has 0 saturated heterocycles. The number of rotatable bonds is 2. The topological polar surface area (TPSA) is 116 Å². The third-order valence-corrected chi connectivity index (χ3v) is 3.84. The van der Waals surface area contributed by atoms with E-state index >= 15 is 0 Å². The Bertz CT molecular complexity index is 814. The van der Waals surface area contributed by atoms with Crippen molar-refractivity contribution in [1.29, 1.82) is 0 Å². The third kappa shape index (κ3) is 1.85. The molecule has 0 unspecified atom stereocenters. The fraction of sp³-hybridized carbons (Fsp3) is 0.182. The van der Waals surface area contributed by atoms with Gasteiger partial charge in [-0.2, -0.15) is 4.98 Å². The van der Waals surface area contributed by atoms with Gasteiger partial charge in [-0.15, -0.1) is 11.3 Å². The smallest absolute Gasteiger partial charge is 0.280 e. The van der Waals surface area contributed by atoms with Gasteiger partial charge in [-0.3, -0.25) is 14.3 Å². The number of hydrogen-bond acceptors (Lipinski definition) is 6. The molecule has 0 atom stereocenters. The predicted molar refractivity (Wildman–Crippen MR) is 75.1 cm³/mol. The fourth-order valence-electron chi connectivity index (χ4n) is 1.95. The van der Waals surface area contributed by atoms with Crippen molar-refractivity contribution in [2.24, 2.45) is 0 Å². The molecule has 0 aliphatic rings. The maximum atomic E-state index is 11.7. The van der Waals surface area contributed by atoms with E-state index < -0.39 is 0 Å². The van der Waals surface area contributed by atoms with Crippen molar-refractivity contribution in [2.75, 3.05) is 11.5 Å². The highest BCUT2D eigenvalue weighted by atomic mass is 32.1. The van der Waals surface area contributed by atoms with Gasteiger partial charge in [0, 0.05) is 4.88 Å². The molecule has 0 amide bonds. The van der Waals surface area contributed by atoms with E-state index in [2.05, 4.69) is 15.0 Å². The van der Waals surface area contributed by atoms with E-state index in [1.165, 1.54) is 4.88 Å². The molecule has 0 aliphatic carbocycles. The van der Waals surface area contributed by atoms with Crippen molar-refractivity contribution in [3.05, 3.63) is 32.2 Å². The number of fused-ring (bicyclic) bond motifs is 1. The van der Waals surface area contributed by atoms with E-state index in [1.54, 1.807) is 15.9 Å². The number of aromatic amines is 1. The maximum absolute atomic E-state index is 11.7. The molecule has 7 nitrogen and oxygen atoms in total. The van der Waals surface area contributed by atoms with Gasteiger partial charge in [-0.1, -0.05) is 0 Å². The Morgan fingerprint density at radius 2 is 2.21 bits per heavy atom. The monoisotopic (exact) mass is 276 g/mol. The van der Waals surface area contributed by atoms with Gasteiger partial charge in [0.1, 0.15) is 0 Å². The van der Waals surface area contributed by atoms with Crippen LogP contribution in [0.4, 0.5) is 11.9 Å². The molecular formula is C11H12N6OS. The van der Waals surface area contributed by atoms with E-state index in [0.29, 0.717) is 12.2 Å². The van der Waals surface area contributed by atoms with E-state index in [-0.39, 0.29) is 23.0 Å². The Labute approximate surface area is 111 Å². The Balaban J connectivity index is 2.21. The molecule has 0 aliphatic heterocycles. The molecule has 0 radical (unpaired) electrons. The number of imidazole rings is 1. The van der Waals surface area contributed by atoms with Gasteiger partial charge in [-0.05, 0) is 23.9 Å². The van der Waals surface area contributed by atoms with E-state index in [0.717, 1.165) is 5.56 Å². The molecule has 8 heteroatoms. The lowest BCUT2D eigenvalue weighted by Gasteiger charge is -2.05. The van der Waals surface area contributed by atoms with Gasteiger partial charge in [0.25, 0.3) is 5.56 Å². The molecule has 3 rings (SSSR count). The number of nitrogens with zero attached hydrogens (tertiary/aromatic N) is 3. The summed E-state index contributed by atoms with van der Waals surface area (Å²) in [6, 6.07) is 2.02. The van der Waals surface area contributed by atoms with Crippen molar-refractivity contribution >= 4 is 34.4 Å². The van der Waals surface area contributed by atoms with Crippen LogP contribution in [0.15, 0.2) is 16.2 Å². The van der Waals surface area contributed by atoms with Gasteiger partial charge in [0.05, 0.1) is 6.54 Å². The van der Waals surface area contributed by atoms with Crippen LogP contribution in [-0.4, -0.2) is 19.5 Å². The molecule has 3 heterocycles. The van der Waals surface area contributed by atoms with Crippen LogP contribution in [0.3, 0.4) is 0 Å². The lowest BCUT2D eigenvalue weighted by molar-refractivity contribution is 0.826. The van der Waals surface area contributed by atoms with Gasteiger partial charge < -0.3 is 11.5 Å². The molecule has 0 bridgehead atoms. The van der Waals surface area contributed by atoms with Crippen LogP contribution in [0.5, 0.6) is 0 Å². The summed E-state index contributed by atoms with van der Waals surface area (Å²) in [6.45, 7) is 2.55. The second kappa shape index (κ2) is 4.09. The van der Waals surface area contributed by atoms with Crippen LogP contribution in [0, 0.1) is 6.92 Å². The minimum atomic E-state index is -0.380. The molecule has 3 aromatic heterocycles. The number of nitrogens with one attached hydrogen (secondary N) is 1. The predicted octanol–water partition coefficient (Wildman–Crippen LogP) is 0.702. The highest BCUT2D eigenvalue weighted by molar-refractivity contribution is 7.10. The van der Waals surface area contributed by atoms with Gasteiger partial charge in [-0.25, -0.2) is 4.98 Å². The normalized spacial score (nSPS) is 11.2. The molecule has 0 fully saturated rings. The van der Waals surface area contributed by atoms with Gasteiger partial charge >= 0.3 is 0 Å². The number of H-pyrrole nitrogens is 1. The zero-order valence-corrected chi connectivity index (χ0v) is 11.0. The number of hydrogen-bond donors (Lipinski definition) is 3. The number of nitrogen functional groups attached to an aromatic ring is 2. The maximum Gasteiger partial charge on any atom is 0.280 e. The average molecular weight is 276 g/mol. The Kier molecular flexibility index (Phi) is 2.53. The van der Waals surface area contributed by atoms with Crippen LogP contribution < -0.4 is 17.0 Å². The standard InChI is InChI=1S/C11H12N6OS/c1-5-6(2-3-19-5)4-17-8-7(14-11(17)13)9(18)16-10(12)15-8/h2-3H,4H2,1H3,(H2,13,14)(H3,12,15,16,18). The first kappa shape index (κ1) is 11.7. The summed E-state index contributed by atoms with van der Waals surface area (Å²) in [7, 11) is 0. The van der Waals surface area contributed by atoms with Gasteiger partial charge in [0.2, 0.25) is 11.9 Å². The molecular weight excluding hydrogens is 264 g/mol. The van der Waals surface area contributed by atoms with Crippen molar-refractivity contribution in [1.82, 2.24) is 19.5 Å². The van der Waals surface area contributed by atoms with E-state index in [1.807, 2.05) is 18.4 Å². The van der Waals surface area contributed by atoms with E-state index in [9.17, 15) is 4.79 Å². The van der Waals surface area contributed by atoms with Crippen LogP contribution in [0.2, 0.25) is 0 Å². The molecule has 3 aromatic rings. The summed E-state index contributed by atoms with van der Waals surface area (Å²) in [4.78, 5) is 23.5. The lowest BCUT2D eigenvalue weighted by atomic mass is 10.2. The molecule has 0 saturated carbocycles. The van der Waals surface area contributed by atoms with Crippen molar-refractivity contribution in [2.45, 2.75) is 13.5 Å². The number of anilines is 2. The number of aryl methyl sites for hydroxylation is 1. The first-order valence-electron chi connectivity index (χ1n) is 5.60. The molecule has 19 heavy (non-hydrogen) atoms. The highest BCUT2D eigenvalue weighted by Crippen LogP contribution is 2.20. The quantitative estimate of drug-likeness (QED) is 0.637. The number of thiophene rings is 1. The van der Waals surface area contributed by atoms with Gasteiger partial charge in [0.15, 0.2) is 11.2 Å². The van der Waals surface area contributed by atoms with Crippen molar-refractivity contribution in [3.8, 4) is 0 Å². The number of nitrogens with two attached hydrogens (primary N) is 2. The summed E-state index contributed by atoms with van der Waals surface area (Å²) < 4.78 is 1.69. The number of aromatic nitrogens is 4. The molecule has 5 N–H and O–H groups in total. The largest absolute Gasteiger partial charge is 0.369 e. The van der Waals surface area contributed by atoms with Crippen LogP contribution in [0.25, 0.3) is 11.2 Å². The van der Waals surface area contributed by atoms with Crippen LogP contribution in [0.1, 0.15) is 10.4 Å². The minimum Gasteiger partial charge on any atom is -0.369 e. The average Bonchev–Trinajstić information content (AvgIpc) is 2.87. The first-order valence-corrected chi connectivity index (χ1v) is 6.48. The highest BCUT2D eigenvalue weighted by Gasteiger charge is 2.14. The molecule has 98 valence electrons. The Hall–Kier alpha value is -2.35. The zero-order valence-electron chi connectivity index (χ0n) is 10.2. The van der Waals surface area contributed by atoms with Crippen molar-refractivity contribution < 1.29 is 0 Å². The Morgan fingerprint density at radius 3 is 2.89 bits per heavy atom. The summed E-state index contributed by atoms with van der Waals surface area (Å²) in [6.07, 6.45) is 0. The lowest BCUT2D eigenvalue weighted by Crippen LogP contribution is -2.12. The van der Waals surface area contributed by atoms with Crippen LogP contribution in [-0.2, 0) is 6.54 Å². The molecule has 0 aromatic carbocycles. The SMILES string of the molecule is Cc1sccc1Cn1c(N)nc2c(=O)[nH]c(N)nc21. The Morgan fingerprint density at radius 1 is 1.42 bits per heavy atom. The summed E-state index contributed by atoms with van der Waals surface area (Å²) in [5.74, 6) is 0.310. The second-order valence-corrected chi connectivity index (χ2v) is 5.30. The first-order chi connectivity index (χ1) is 9.06. The van der Waals surface area contributed by atoms with Crippen LogP contribution >= 0.6 is 11.3 Å². The fourth-order valence-corrected chi connectivity index (χ4v) is 2.67. The minimum absolute atomic E-state index is 0.0562. The van der Waals surface area contributed by atoms with Crippen molar-refractivity contribution in [3.63, 3.8) is 0 Å². The summed E-state index contributed by atoms with van der Waals surface area (Å²) in [5, 5.41) is 2.01. The summed E-state index contributed by atoms with van der Waals surface area (Å²) in [5.41, 5.74) is 12.8. The van der Waals surface area contributed by atoms with E-state index in [4.69, 9.17) is 11.5 Å².